The Hall–Kier alpha value is -1.88. The number of carbonyl (C=O) groups is 2. The molecule has 0 fully saturated rings. The molecule has 0 aliphatic rings. The largest absolute Gasteiger partial charge is 0.480 e. The number of likely N-dealkylation sites (N-methyl/N-ethyl adjacent to an activating group) is 1. The van der Waals surface area contributed by atoms with Crippen LogP contribution >= 0.6 is 0 Å². The fourth-order valence-electron chi connectivity index (χ4n) is 1.70. The quantitative estimate of drug-likeness (QED) is 0.826. The van der Waals surface area contributed by atoms with E-state index in [1.807, 2.05) is 0 Å². The smallest absolute Gasteiger partial charge is 0.328 e. The van der Waals surface area contributed by atoms with Crippen LogP contribution in [0.5, 0.6) is 0 Å². The maximum Gasteiger partial charge on any atom is 0.328 e. The molecule has 0 saturated carbocycles. The first-order valence-corrected chi connectivity index (χ1v) is 5.69. The molecule has 1 atom stereocenters. The fourth-order valence-corrected chi connectivity index (χ4v) is 1.70. The number of ether oxygens (including phenoxy) is 1. The van der Waals surface area contributed by atoms with Gasteiger partial charge in [0.2, 0.25) is 0 Å². The van der Waals surface area contributed by atoms with Crippen LogP contribution in [0.1, 0.15) is 17.3 Å². The van der Waals surface area contributed by atoms with Gasteiger partial charge in [0.1, 0.15) is 0 Å². The van der Waals surface area contributed by atoms with Crippen LogP contribution in [0.2, 0.25) is 0 Å². The summed E-state index contributed by atoms with van der Waals surface area (Å²) in [5.74, 6) is -1.37. The molecule has 0 bridgehead atoms. The molecule has 0 aliphatic carbocycles. The Morgan fingerprint density at radius 2 is 1.94 bits per heavy atom. The number of nitrogens with zero attached hydrogens (tertiary/aromatic N) is 1. The summed E-state index contributed by atoms with van der Waals surface area (Å²) in [6.07, 6.45) is 0. The van der Waals surface area contributed by atoms with E-state index in [0.717, 1.165) is 0 Å². The summed E-state index contributed by atoms with van der Waals surface area (Å²) in [6.45, 7) is 2.03. The second-order valence-corrected chi connectivity index (χ2v) is 3.77. The number of hydrogen-bond donors (Lipinski definition) is 1. The van der Waals surface area contributed by atoms with Crippen LogP contribution in [-0.4, -0.2) is 48.2 Å². The van der Waals surface area contributed by atoms with Crippen LogP contribution in [0.15, 0.2) is 30.3 Å². The van der Waals surface area contributed by atoms with Gasteiger partial charge in [0, 0.05) is 19.2 Å². The molecule has 1 unspecified atom stereocenters. The topological polar surface area (TPSA) is 66.8 Å². The van der Waals surface area contributed by atoms with E-state index in [1.54, 1.807) is 37.3 Å². The molecular weight excluding hydrogens is 234 g/mol. The summed E-state index contributed by atoms with van der Waals surface area (Å²) < 4.78 is 4.86. The normalized spacial score (nSPS) is 11.9. The molecule has 98 valence electrons. The minimum atomic E-state index is -1.07. The van der Waals surface area contributed by atoms with Crippen molar-refractivity contribution in [3.63, 3.8) is 0 Å². The number of rotatable bonds is 6. The average Bonchev–Trinajstić information content (AvgIpc) is 2.39. The lowest BCUT2D eigenvalue weighted by molar-refractivity contribution is -0.144. The van der Waals surface area contributed by atoms with Gasteiger partial charge in [-0.15, -0.1) is 0 Å². The van der Waals surface area contributed by atoms with Crippen molar-refractivity contribution in [1.29, 1.82) is 0 Å². The molecule has 5 heteroatoms. The van der Waals surface area contributed by atoms with Crippen LogP contribution in [0.25, 0.3) is 0 Å². The Morgan fingerprint density at radius 1 is 1.33 bits per heavy atom. The molecule has 1 aromatic carbocycles. The molecule has 0 spiro atoms. The van der Waals surface area contributed by atoms with Gasteiger partial charge in [0.25, 0.3) is 5.91 Å². The zero-order valence-corrected chi connectivity index (χ0v) is 10.5. The molecule has 0 heterocycles. The van der Waals surface area contributed by atoms with Gasteiger partial charge in [0.05, 0.1) is 6.61 Å². The van der Waals surface area contributed by atoms with Crippen molar-refractivity contribution in [2.45, 2.75) is 13.0 Å². The molecule has 1 aromatic rings. The number of carbonyl (C=O) groups excluding carboxylic acids is 1. The number of benzene rings is 1. The molecule has 18 heavy (non-hydrogen) atoms. The number of aliphatic carboxylic acids is 1. The number of hydrogen-bond acceptors (Lipinski definition) is 3. The Labute approximate surface area is 106 Å². The Kier molecular flexibility index (Phi) is 5.32. The first kappa shape index (κ1) is 14.2. The minimum Gasteiger partial charge on any atom is -0.480 e. The SMILES string of the molecule is CCN(C(=O)c1ccccc1)C(COC)C(=O)O. The molecular formula is C13H17NO4. The number of carboxylic acid groups (broad SMARTS) is 1. The van der Waals surface area contributed by atoms with Gasteiger partial charge in [-0.1, -0.05) is 18.2 Å². The third-order valence-electron chi connectivity index (χ3n) is 2.61. The van der Waals surface area contributed by atoms with E-state index in [0.29, 0.717) is 12.1 Å². The van der Waals surface area contributed by atoms with Crippen molar-refractivity contribution in [3.05, 3.63) is 35.9 Å². The predicted molar refractivity (Wildman–Crippen MR) is 66.5 cm³/mol. The lowest BCUT2D eigenvalue weighted by Crippen LogP contribution is -2.47. The van der Waals surface area contributed by atoms with Crippen LogP contribution in [0, 0.1) is 0 Å². The zero-order valence-electron chi connectivity index (χ0n) is 10.5. The van der Waals surface area contributed by atoms with E-state index in [2.05, 4.69) is 0 Å². The first-order chi connectivity index (χ1) is 8.61. The molecule has 0 aliphatic heterocycles. The van der Waals surface area contributed by atoms with Gasteiger partial charge in [-0.2, -0.15) is 0 Å². The van der Waals surface area contributed by atoms with Gasteiger partial charge in [-0.3, -0.25) is 4.79 Å². The maximum atomic E-state index is 12.2. The predicted octanol–water partition coefficient (Wildman–Crippen LogP) is 1.25. The van der Waals surface area contributed by atoms with Crippen LogP contribution in [0.3, 0.4) is 0 Å². The number of methoxy groups -OCH3 is 1. The van der Waals surface area contributed by atoms with Gasteiger partial charge in [-0.05, 0) is 19.1 Å². The van der Waals surface area contributed by atoms with Crippen molar-refractivity contribution < 1.29 is 19.4 Å². The lowest BCUT2D eigenvalue weighted by atomic mass is 10.1. The monoisotopic (exact) mass is 251 g/mol. The van der Waals surface area contributed by atoms with Gasteiger partial charge in [-0.25, -0.2) is 4.79 Å². The van der Waals surface area contributed by atoms with Gasteiger partial charge in [0.15, 0.2) is 6.04 Å². The van der Waals surface area contributed by atoms with E-state index in [1.165, 1.54) is 12.0 Å². The maximum absolute atomic E-state index is 12.2. The van der Waals surface area contributed by atoms with E-state index >= 15 is 0 Å². The summed E-state index contributed by atoms with van der Waals surface area (Å²) in [5, 5.41) is 9.13. The summed E-state index contributed by atoms with van der Waals surface area (Å²) in [5.41, 5.74) is 0.474. The molecule has 1 rings (SSSR count). The highest BCUT2D eigenvalue weighted by atomic mass is 16.5. The lowest BCUT2D eigenvalue weighted by Gasteiger charge is -2.27. The van der Waals surface area contributed by atoms with Crippen LogP contribution < -0.4 is 0 Å². The van der Waals surface area contributed by atoms with Crippen molar-refractivity contribution in [3.8, 4) is 0 Å². The van der Waals surface area contributed by atoms with Gasteiger partial charge < -0.3 is 14.7 Å². The third kappa shape index (κ3) is 3.30. The highest BCUT2D eigenvalue weighted by Gasteiger charge is 2.28. The molecule has 0 saturated heterocycles. The highest BCUT2D eigenvalue weighted by molar-refractivity contribution is 5.96. The van der Waals surface area contributed by atoms with E-state index < -0.39 is 12.0 Å². The Balaban J connectivity index is 2.94. The van der Waals surface area contributed by atoms with E-state index in [-0.39, 0.29) is 12.5 Å². The number of amides is 1. The second-order valence-electron chi connectivity index (χ2n) is 3.77. The second kappa shape index (κ2) is 6.76. The van der Waals surface area contributed by atoms with Gasteiger partial charge >= 0.3 is 5.97 Å². The highest BCUT2D eigenvalue weighted by Crippen LogP contribution is 2.09. The summed E-state index contributed by atoms with van der Waals surface area (Å²) in [6, 6.07) is 7.65. The van der Waals surface area contributed by atoms with E-state index in [9.17, 15) is 9.59 Å². The molecule has 1 N–H and O–H groups in total. The molecule has 5 nitrogen and oxygen atoms in total. The summed E-state index contributed by atoms with van der Waals surface area (Å²) in [7, 11) is 1.41. The zero-order chi connectivity index (χ0) is 13.5. The van der Waals surface area contributed by atoms with Crippen molar-refractivity contribution >= 4 is 11.9 Å². The standard InChI is InChI=1S/C13H17NO4/c1-3-14(11(9-18-2)13(16)17)12(15)10-7-5-4-6-8-10/h4-8,11H,3,9H2,1-2H3,(H,16,17). The Morgan fingerprint density at radius 3 is 2.39 bits per heavy atom. The van der Waals surface area contributed by atoms with Crippen LogP contribution in [0.4, 0.5) is 0 Å². The van der Waals surface area contributed by atoms with Crippen molar-refractivity contribution in [2.24, 2.45) is 0 Å². The van der Waals surface area contributed by atoms with Crippen LogP contribution in [-0.2, 0) is 9.53 Å². The minimum absolute atomic E-state index is 0.0260. The van der Waals surface area contributed by atoms with E-state index in [4.69, 9.17) is 9.84 Å². The third-order valence-corrected chi connectivity index (χ3v) is 2.61. The first-order valence-electron chi connectivity index (χ1n) is 5.69. The fraction of sp³-hybridized carbons (Fsp3) is 0.385. The average molecular weight is 251 g/mol. The molecule has 1 amide bonds. The molecule has 0 aromatic heterocycles. The van der Waals surface area contributed by atoms with Crippen molar-refractivity contribution in [1.82, 2.24) is 4.90 Å². The summed E-state index contributed by atoms with van der Waals surface area (Å²) >= 11 is 0. The summed E-state index contributed by atoms with van der Waals surface area (Å²) in [4.78, 5) is 24.6. The number of carboxylic acids is 1. The Bertz CT molecular complexity index is 405. The molecule has 0 radical (unpaired) electrons. The van der Waals surface area contributed by atoms with Crippen molar-refractivity contribution in [2.75, 3.05) is 20.3 Å².